The van der Waals surface area contributed by atoms with Crippen molar-refractivity contribution in [1.82, 2.24) is 0 Å². The van der Waals surface area contributed by atoms with E-state index in [-0.39, 0.29) is 0 Å². The Bertz CT molecular complexity index is 1430. The maximum absolute atomic E-state index is 2.39. The zero-order valence-corrected chi connectivity index (χ0v) is 18.2. The molecule has 1 aliphatic carbocycles. The summed E-state index contributed by atoms with van der Waals surface area (Å²) in [6.07, 6.45) is 0.991. The maximum atomic E-state index is 2.39. The van der Waals surface area contributed by atoms with Crippen molar-refractivity contribution in [3.63, 3.8) is 0 Å². The predicted octanol–water partition coefficient (Wildman–Crippen LogP) is 6.52. The van der Waals surface area contributed by atoms with Crippen molar-refractivity contribution in [3.8, 4) is 44.5 Å². The van der Waals surface area contributed by atoms with E-state index in [9.17, 15) is 0 Å². The summed E-state index contributed by atoms with van der Waals surface area (Å²) in [6, 6.07) is 41.9. The lowest BCUT2D eigenvalue weighted by atomic mass is 9.79. The van der Waals surface area contributed by atoms with E-state index in [0.717, 1.165) is 6.42 Å². The van der Waals surface area contributed by atoms with Crippen molar-refractivity contribution in [3.05, 3.63) is 126 Å². The van der Waals surface area contributed by atoms with Crippen LogP contribution < -0.4 is 5.46 Å². The minimum Gasteiger partial charge on any atom is -0.0801 e. The van der Waals surface area contributed by atoms with Crippen LogP contribution in [0.2, 0.25) is 0 Å². The molecule has 0 aromatic heterocycles. The summed E-state index contributed by atoms with van der Waals surface area (Å²) in [4.78, 5) is 0. The maximum Gasteiger partial charge on any atom is 0.140 e. The Morgan fingerprint density at radius 2 is 1.06 bits per heavy atom. The normalized spacial score (nSPS) is 11.8. The molecule has 0 nitrogen and oxygen atoms in total. The van der Waals surface area contributed by atoms with Crippen LogP contribution in [0.4, 0.5) is 0 Å². The summed E-state index contributed by atoms with van der Waals surface area (Å²) < 4.78 is 0. The van der Waals surface area contributed by atoms with Gasteiger partial charge in [-0.05, 0) is 68.1 Å². The third kappa shape index (κ3) is 3.10. The summed E-state index contributed by atoms with van der Waals surface area (Å²) in [5.41, 5.74) is 14.7. The molecule has 0 radical (unpaired) electrons. The highest BCUT2D eigenvalue weighted by atomic mass is 14.3. The van der Waals surface area contributed by atoms with Gasteiger partial charge in [0.05, 0.1) is 0 Å². The van der Waals surface area contributed by atoms with Gasteiger partial charge in [-0.3, -0.25) is 0 Å². The zero-order chi connectivity index (χ0) is 21.5. The monoisotopic (exact) mass is 406 g/mol. The lowest BCUT2D eigenvalue weighted by Gasteiger charge is -2.19. The molecule has 32 heavy (non-hydrogen) atoms. The van der Waals surface area contributed by atoms with Crippen LogP contribution in [0.1, 0.15) is 11.1 Å². The van der Waals surface area contributed by atoms with Crippen molar-refractivity contribution < 1.29 is 0 Å². The van der Waals surface area contributed by atoms with Gasteiger partial charge in [0.2, 0.25) is 0 Å². The molecule has 0 saturated carbocycles. The highest BCUT2D eigenvalue weighted by molar-refractivity contribution is 6.37. The van der Waals surface area contributed by atoms with Crippen molar-refractivity contribution in [2.24, 2.45) is 0 Å². The Hall–Kier alpha value is -3.84. The zero-order valence-electron chi connectivity index (χ0n) is 18.2. The molecule has 0 N–H and O–H groups in total. The van der Waals surface area contributed by atoms with Crippen LogP contribution >= 0.6 is 0 Å². The summed E-state index contributed by atoms with van der Waals surface area (Å²) in [6.45, 7) is 0. The summed E-state index contributed by atoms with van der Waals surface area (Å²) in [5, 5.41) is 0. The van der Waals surface area contributed by atoms with Crippen molar-refractivity contribution >= 4 is 13.3 Å². The lowest BCUT2D eigenvalue weighted by Crippen LogP contribution is -2.10. The summed E-state index contributed by atoms with van der Waals surface area (Å²) in [5.74, 6) is 0. The van der Waals surface area contributed by atoms with Gasteiger partial charge in [-0.25, -0.2) is 0 Å². The van der Waals surface area contributed by atoms with Gasteiger partial charge in [0.15, 0.2) is 0 Å². The second kappa shape index (κ2) is 7.69. The van der Waals surface area contributed by atoms with Crippen molar-refractivity contribution in [1.29, 1.82) is 0 Å². The second-order valence-electron chi connectivity index (χ2n) is 8.61. The minimum atomic E-state index is 0.991. The summed E-state index contributed by atoms with van der Waals surface area (Å²) in [7, 11) is 2.25. The molecule has 150 valence electrons. The number of hydrogen-bond donors (Lipinski definition) is 0. The fourth-order valence-corrected chi connectivity index (χ4v) is 5.19. The molecule has 1 aliphatic rings. The van der Waals surface area contributed by atoms with Gasteiger partial charge < -0.3 is 0 Å². The van der Waals surface area contributed by atoms with Gasteiger partial charge in [0.25, 0.3) is 0 Å². The van der Waals surface area contributed by atoms with E-state index in [2.05, 4.69) is 123 Å². The molecule has 1 heteroatoms. The smallest absolute Gasteiger partial charge is 0.0801 e. The first-order valence-electron chi connectivity index (χ1n) is 11.3. The number of benzene rings is 5. The largest absolute Gasteiger partial charge is 0.140 e. The van der Waals surface area contributed by atoms with Crippen LogP contribution in [0, 0.1) is 0 Å². The van der Waals surface area contributed by atoms with E-state index < -0.39 is 0 Å². The van der Waals surface area contributed by atoms with Crippen LogP contribution in [-0.2, 0) is 6.42 Å². The van der Waals surface area contributed by atoms with E-state index in [0.29, 0.717) is 0 Å². The Morgan fingerprint density at radius 1 is 0.469 bits per heavy atom. The van der Waals surface area contributed by atoms with Crippen molar-refractivity contribution in [2.45, 2.75) is 6.42 Å². The minimum absolute atomic E-state index is 0.991. The molecular weight excluding hydrogens is 383 g/mol. The van der Waals surface area contributed by atoms with E-state index in [1.165, 1.54) is 61.1 Å². The molecular formula is C31H23B. The molecule has 0 spiro atoms. The Kier molecular flexibility index (Phi) is 4.54. The van der Waals surface area contributed by atoms with E-state index in [1.54, 1.807) is 0 Å². The predicted molar refractivity (Wildman–Crippen MR) is 139 cm³/mol. The van der Waals surface area contributed by atoms with E-state index in [1.807, 2.05) is 0 Å². The van der Waals surface area contributed by atoms with Crippen molar-refractivity contribution in [2.75, 3.05) is 0 Å². The molecule has 6 rings (SSSR count). The Morgan fingerprint density at radius 3 is 1.81 bits per heavy atom. The highest BCUT2D eigenvalue weighted by Crippen LogP contribution is 2.44. The molecule has 0 aliphatic heterocycles. The number of fused-ring (bicyclic) bond motifs is 3. The molecule has 0 bridgehead atoms. The Balaban J connectivity index is 1.63. The first-order valence-corrected chi connectivity index (χ1v) is 11.3. The van der Waals surface area contributed by atoms with Crippen LogP contribution in [0.15, 0.2) is 115 Å². The van der Waals surface area contributed by atoms with Gasteiger partial charge in [0, 0.05) is 0 Å². The first-order chi connectivity index (χ1) is 15.8. The molecule has 0 atom stereocenters. The highest BCUT2D eigenvalue weighted by Gasteiger charge is 2.23. The lowest BCUT2D eigenvalue weighted by molar-refractivity contribution is 1.26. The van der Waals surface area contributed by atoms with Gasteiger partial charge in [-0.15, -0.1) is 0 Å². The average molecular weight is 406 g/mol. The van der Waals surface area contributed by atoms with Crippen LogP contribution in [0.5, 0.6) is 0 Å². The van der Waals surface area contributed by atoms with Gasteiger partial charge in [-0.1, -0.05) is 115 Å². The second-order valence-corrected chi connectivity index (χ2v) is 8.61. The first kappa shape index (κ1) is 18.9. The molecule has 0 unspecified atom stereocenters. The molecule has 0 saturated heterocycles. The standard InChI is InChI=1S/C31H23B/c32-30-20-24(21-10-3-1-4-11-21)19-29(31(30)22-12-5-2-6-13-22)27-17-9-16-26-25-15-8-7-14-23(25)18-28(26)27/h1-17,19-20H,18,32H2. The fourth-order valence-electron chi connectivity index (χ4n) is 5.19. The van der Waals surface area contributed by atoms with Gasteiger partial charge in [0.1, 0.15) is 7.85 Å². The van der Waals surface area contributed by atoms with Gasteiger partial charge in [-0.2, -0.15) is 0 Å². The fraction of sp³-hybridized carbons (Fsp3) is 0.0323. The Labute approximate surface area is 190 Å². The topological polar surface area (TPSA) is 0 Å². The van der Waals surface area contributed by atoms with E-state index in [4.69, 9.17) is 0 Å². The molecule has 0 fully saturated rings. The number of rotatable bonds is 3. The van der Waals surface area contributed by atoms with Gasteiger partial charge >= 0.3 is 0 Å². The van der Waals surface area contributed by atoms with Crippen LogP contribution in [-0.4, -0.2) is 7.85 Å². The molecule has 0 amide bonds. The van der Waals surface area contributed by atoms with E-state index >= 15 is 0 Å². The third-order valence-electron chi connectivity index (χ3n) is 6.65. The third-order valence-corrected chi connectivity index (χ3v) is 6.65. The number of hydrogen-bond acceptors (Lipinski definition) is 0. The quantitative estimate of drug-likeness (QED) is 0.294. The summed E-state index contributed by atoms with van der Waals surface area (Å²) >= 11 is 0. The molecule has 0 heterocycles. The van der Waals surface area contributed by atoms with Crippen LogP contribution in [0.3, 0.4) is 0 Å². The van der Waals surface area contributed by atoms with Crippen LogP contribution in [0.25, 0.3) is 44.5 Å². The molecule has 5 aromatic rings. The molecule has 5 aromatic carbocycles. The average Bonchev–Trinajstić information content (AvgIpc) is 3.23. The SMILES string of the molecule is Bc1cc(-c2ccccc2)cc(-c2cccc3c2Cc2ccccc2-3)c1-c1ccccc1.